The van der Waals surface area contributed by atoms with Crippen LogP contribution < -0.4 is 5.32 Å². The fourth-order valence-electron chi connectivity index (χ4n) is 1.79. The highest BCUT2D eigenvalue weighted by Crippen LogP contribution is 2.39. The van der Waals surface area contributed by atoms with E-state index in [1.807, 2.05) is 12.1 Å². The Morgan fingerprint density at radius 3 is 2.62 bits per heavy atom. The molecule has 0 aromatic heterocycles. The second kappa shape index (κ2) is 7.50. The number of aldehydes is 1. The van der Waals surface area contributed by atoms with Gasteiger partial charge in [-0.05, 0) is 23.8 Å². The van der Waals surface area contributed by atoms with Gasteiger partial charge in [0.15, 0.2) is 6.29 Å². The molecule has 0 aliphatic rings. The summed E-state index contributed by atoms with van der Waals surface area (Å²) in [4.78, 5) is 23.1. The number of hydrogen-bond acceptors (Lipinski definition) is 3. The third-order valence-electron chi connectivity index (χ3n) is 2.72. The average molecular weight is 340 g/mol. The smallest absolute Gasteiger partial charge is 0.207 e. The number of carbonyl (C=O) groups is 2. The molecule has 21 heavy (non-hydrogen) atoms. The standard InChI is InChI=1S/C15H11Cl2NO2S/c16-12-5-11(7-18-9-20)15(13(17)6-12)21-14-4-2-1-3-10(14)8-19/h1-6,8-9H,7H2,(H,18,20). The van der Waals surface area contributed by atoms with Gasteiger partial charge in [-0.2, -0.15) is 0 Å². The number of carbonyl (C=O) groups excluding carboxylic acids is 2. The van der Waals surface area contributed by atoms with Crippen LogP contribution in [0.5, 0.6) is 0 Å². The normalized spacial score (nSPS) is 10.2. The highest BCUT2D eigenvalue weighted by Gasteiger charge is 2.12. The van der Waals surface area contributed by atoms with Crippen LogP contribution >= 0.6 is 35.0 Å². The third-order valence-corrected chi connectivity index (χ3v) is 4.63. The molecule has 1 N–H and O–H groups in total. The summed E-state index contributed by atoms with van der Waals surface area (Å²) < 4.78 is 0. The first kappa shape index (κ1) is 15.9. The molecule has 0 unspecified atom stereocenters. The molecule has 0 spiro atoms. The third kappa shape index (κ3) is 4.00. The van der Waals surface area contributed by atoms with E-state index < -0.39 is 0 Å². The van der Waals surface area contributed by atoms with E-state index in [1.54, 1.807) is 24.3 Å². The van der Waals surface area contributed by atoms with E-state index in [1.165, 1.54) is 11.8 Å². The van der Waals surface area contributed by atoms with E-state index in [9.17, 15) is 9.59 Å². The second-order valence-corrected chi connectivity index (χ2v) is 6.03. The number of benzene rings is 2. The van der Waals surface area contributed by atoms with Crippen molar-refractivity contribution in [1.82, 2.24) is 5.32 Å². The van der Waals surface area contributed by atoms with Gasteiger partial charge in [-0.3, -0.25) is 9.59 Å². The molecule has 108 valence electrons. The maximum absolute atomic E-state index is 11.1. The van der Waals surface area contributed by atoms with Crippen molar-refractivity contribution >= 4 is 47.7 Å². The molecule has 2 rings (SSSR count). The van der Waals surface area contributed by atoms with Crippen LogP contribution in [0.15, 0.2) is 46.2 Å². The molecule has 2 aromatic rings. The Morgan fingerprint density at radius 1 is 1.14 bits per heavy atom. The molecule has 3 nitrogen and oxygen atoms in total. The first-order valence-electron chi connectivity index (χ1n) is 6.02. The maximum Gasteiger partial charge on any atom is 0.207 e. The Morgan fingerprint density at radius 2 is 1.90 bits per heavy atom. The molecule has 0 saturated heterocycles. The zero-order chi connectivity index (χ0) is 15.2. The molecule has 0 aliphatic heterocycles. The number of halogens is 2. The van der Waals surface area contributed by atoms with Gasteiger partial charge in [0.05, 0.1) is 5.02 Å². The average Bonchev–Trinajstić information content (AvgIpc) is 2.48. The van der Waals surface area contributed by atoms with Gasteiger partial charge in [0.1, 0.15) is 0 Å². The van der Waals surface area contributed by atoms with Gasteiger partial charge in [-0.25, -0.2) is 0 Å². The van der Waals surface area contributed by atoms with Crippen molar-refractivity contribution in [2.24, 2.45) is 0 Å². The molecule has 0 bridgehead atoms. The van der Waals surface area contributed by atoms with Crippen LogP contribution in [-0.4, -0.2) is 12.7 Å². The minimum atomic E-state index is 0.315. The van der Waals surface area contributed by atoms with Gasteiger partial charge in [0.25, 0.3) is 0 Å². The molecular formula is C15H11Cl2NO2S. The Kier molecular flexibility index (Phi) is 5.67. The minimum Gasteiger partial charge on any atom is -0.355 e. The lowest BCUT2D eigenvalue weighted by atomic mass is 10.2. The van der Waals surface area contributed by atoms with E-state index >= 15 is 0 Å². The SMILES string of the molecule is O=CNCc1cc(Cl)cc(Cl)c1Sc1ccccc1C=O. The highest BCUT2D eigenvalue weighted by molar-refractivity contribution is 7.99. The molecule has 2 aromatic carbocycles. The molecule has 6 heteroatoms. The molecule has 0 aliphatic carbocycles. The van der Waals surface area contributed by atoms with Crippen molar-refractivity contribution in [3.63, 3.8) is 0 Å². The number of amides is 1. The van der Waals surface area contributed by atoms with Gasteiger partial charge < -0.3 is 5.32 Å². The summed E-state index contributed by atoms with van der Waals surface area (Å²) in [6, 6.07) is 10.6. The van der Waals surface area contributed by atoms with Crippen LogP contribution in [0.1, 0.15) is 15.9 Å². The number of rotatable bonds is 6. The summed E-state index contributed by atoms with van der Waals surface area (Å²) in [6.45, 7) is 0.315. The summed E-state index contributed by atoms with van der Waals surface area (Å²) >= 11 is 13.6. The zero-order valence-corrected chi connectivity index (χ0v) is 13.1. The Hall–Kier alpha value is -1.49. The monoisotopic (exact) mass is 339 g/mol. The summed E-state index contributed by atoms with van der Waals surface area (Å²) in [7, 11) is 0. The van der Waals surface area contributed by atoms with Crippen LogP contribution in [0.2, 0.25) is 10.0 Å². The Balaban J connectivity index is 2.42. The lowest BCUT2D eigenvalue weighted by molar-refractivity contribution is -0.109. The van der Waals surface area contributed by atoms with E-state index in [0.29, 0.717) is 28.6 Å². The van der Waals surface area contributed by atoms with Crippen molar-refractivity contribution < 1.29 is 9.59 Å². The fraction of sp³-hybridized carbons (Fsp3) is 0.0667. The highest BCUT2D eigenvalue weighted by atomic mass is 35.5. The van der Waals surface area contributed by atoms with Gasteiger partial charge in [-0.1, -0.05) is 53.2 Å². The quantitative estimate of drug-likeness (QED) is 0.802. The van der Waals surface area contributed by atoms with Gasteiger partial charge in [0, 0.05) is 26.9 Å². The van der Waals surface area contributed by atoms with E-state index in [4.69, 9.17) is 23.2 Å². The van der Waals surface area contributed by atoms with Crippen molar-refractivity contribution in [1.29, 1.82) is 0 Å². The van der Waals surface area contributed by atoms with Crippen LogP contribution in [0, 0.1) is 0 Å². The van der Waals surface area contributed by atoms with Gasteiger partial charge >= 0.3 is 0 Å². The fourth-order valence-corrected chi connectivity index (χ4v) is 3.46. The lowest BCUT2D eigenvalue weighted by Crippen LogP contribution is -2.10. The van der Waals surface area contributed by atoms with Crippen molar-refractivity contribution in [3.8, 4) is 0 Å². The summed E-state index contributed by atoms with van der Waals surface area (Å²) in [6.07, 6.45) is 1.41. The van der Waals surface area contributed by atoms with Crippen molar-refractivity contribution in [2.45, 2.75) is 16.3 Å². The van der Waals surface area contributed by atoms with Crippen LogP contribution in [0.3, 0.4) is 0 Å². The molecular weight excluding hydrogens is 329 g/mol. The van der Waals surface area contributed by atoms with E-state index in [0.717, 1.165) is 21.6 Å². The summed E-state index contributed by atoms with van der Waals surface area (Å²) in [5, 5.41) is 3.57. The summed E-state index contributed by atoms with van der Waals surface area (Å²) in [5.41, 5.74) is 1.38. The second-order valence-electron chi connectivity index (χ2n) is 4.13. The Labute approximate surface area is 136 Å². The first-order chi connectivity index (χ1) is 10.2. The lowest BCUT2D eigenvalue weighted by Gasteiger charge is -2.12. The molecule has 0 atom stereocenters. The largest absolute Gasteiger partial charge is 0.355 e. The van der Waals surface area contributed by atoms with Gasteiger partial charge in [-0.15, -0.1) is 0 Å². The maximum atomic E-state index is 11.1. The predicted octanol–water partition coefficient (Wildman–Crippen LogP) is 4.20. The van der Waals surface area contributed by atoms with Gasteiger partial charge in [0.2, 0.25) is 6.41 Å². The molecule has 0 heterocycles. The van der Waals surface area contributed by atoms with Crippen LogP contribution in [0.25, 0.3) is 0 Å². The van der Waals surface area contributed by atoms with Crippen LogP contribution in [0.4, 0.5) is 0 Å². The van der Waals surface area contributed by atoms with Crippen molar-refractivity contribution in [2.75, 3.05) is 0 Å². The van der Waals surface area contributed by atoms with E-state index in [-0.39, 0.29) is 0 Å². The first-order valence-corrected chi connectivity index (χ1v) is 7.60. The van der Waals surface area contributed by atoms with Crippen LogP contribution in [-0.2, 0) is 11.3 Å². The predicted molar refractivity (Wildman–Crippen MR) is 85.3 cm³/mol. The number of hydrogen-bond donors (Lipinski definition) is 1. The van der Waals surface area contributed by atoms with E-state index in [2.05, 4.69) is 5.32 Å². The minimum absolute atomic E-state index is 0.315. The topological polar surface area (TPSA) is 46.2 Å². The zero-order valence-electron chi connectivity index (χ0n) is 10.8. The molecule has 1 amide bonds. The molecule has 0 saturated carbocycles. The summed E-state index contributed by atoms with van der Waals surface area (Å²) in [5.74, 6) is 0. The molecule has 0 fully saturated rings. The Bertz CT molecular complexity index is 677. The number of nitrogens with one attached hydrogen (secondary N) is 1. The molecule has 0 radical (unpaired) electrons. The van der Waals surface area contributed by atoms with Crippen molar-refractivity contribution in [3.05, 3.63) is 57.6 Å².